The standard InChI is InChI=1S/C19H14F9N3O/c20-17(21,22)11-2-1-3-13(8-11)30-4-6-31(7-5-30)16(32)14-9-12(18(23,24)25)10-15(29-14)19(26,27)28/h1-3,8-10H,4-7H2. The molecule has 2 heterocycles. The lowest BCUT2D eigenvalue weighted by Gasteiger charge is -2.36. The van der Waals surface area contributed by atoms with E-state index in [-0.39, 0.29) is 44.0 Å². The molecule has 1 saturated heterocycles. The summed E-state index contributed by atoms with van der Waals surface area (Å²) in [6, 6.07) is 4.51. The maximum Gasteiger partial charge on any atom is 0.433 e. The summed E-state index contributed by atoms with van der Waals surface area (Å²) in [6.45, 7) is -0.209. The summed E-state index contributed by atoms with van der Waals surface area (Å²) >= 11 is 0. The Hall–Kier alpha value is -2.99. The SMILES string of the molecule is O=C(c1cc(C(F)(F)F)cc(C(F)(F)F)n1)N1CCN(c2cccc(C(F)(F)F)c2)CC1. The highest BCUT2D eigenvalue weighted by Crippen LogP contribution is 2.35. The molecule has 1 aromatic carbocycles. The third-order valence-corrected chi connectivity index (χ3v) is 4.77. The zero-order valence-corrected chi connectivity index (χ0v) is 15.9. The molecule has 1 aliphatic heterocycles. The molecule has 13 heteroatoms. The van der Waals surface area contributed by atoms with Gasteiger partial charge in [0.15, 0.2) is 0 Å². The molecule has 32 heavy (non-hydrogen) atoms. The molecule has 0 spiro atoms. The van der Waals surface area contributed by atoms with E-state index >= 15 is 0 Å². The van der Waals surface area contributed by atoms with Crippen LogP contribution in [0.5, 0.6) is 0 Å². The number of nitrogens with zero attached hydrogens (tertiary/aromatic N) is 3. The first-order valence-electron chi connectivity index (χ1n) is 9.04. The van der Waals surface area contributed by atoms with Crippen molar-refractivity contribution in [2.75, 3.05) is 31.1 Å². The summed E-state index contributed by atoms with van der Waals surface area (Å²) in [5.41, 5.74) is -5.17. The maximum absolute atomic E-state index is 13.0. The Bertz CT molecular complexity index is 959. The van der Waals surface area contributed by atoms with Gasteiger partial charge in [0.2, 0.25) is 0 Å². The van der Waals surface area contributed by atoms with Crippen LogP contribution < -0.4 is 4.90 Å². The van der Waals surface area contributed by atoms with Crippen LogP contribution >= 0.6 is 0 Å². The Morgan fingerprint density at radius 3 is 1.88 bits per heavy atom. The number of amides is 1. The monoisotopic (exact) mass is 471 g/mol. The van der Waals surface area contributed by atoms with E-state index in [2.05, 4.69) is 4.98 Å². The van der Waals surface area contributed by atoms with E-state index in [4.69, 9.17) is 0 Å². The van der Waals surface area contributed by atoms with Crippen LogP contribution in [0.15, 0.2) is 36.4 Å². The van der Waals surface area contributed by atoms with E-state index in [0.29, 0.717) is 0 Å². The molecule has 1 aromatic heterocycles. The van der Waals surface area contributed by atoms with E-state index in [1.54, 1.807) is 0 Å². The molecule has 1 aliphatic rings. The van der Waals surface area contributed by atoms with E-state index < -0.39 is 47.0 Å². The quantitative estimate of drug-likeness (QED) is 0.572. The molecule has 174 valence electrons. The highest BCUT2D eigenvalue weighted by molar-refractivity contribution is 5.92. The fourth-order valence-corrected chi connectivity index (χ4v) is 3.16. The zero-order chi connectivity index (χ0) is 23.9. The maximum atomic E-state index is 13.0. The number of piperazine rings is 1. The minimum absolute atomic E-state index is 0.0259. The third-order valence-electron chi connectivity index (χ3n) is 4.77. The van der Waals surface area contributed by atoms with Crippen LogP contribution in [0.2, 0.25) is 0 Å². The van der Waals surface area contributed by atoms with E-state index in [1.807, 2.05) is 0 Å². The Labute approximate surface area is 175 Å². The van der Waals surface area contributed by atoms with Crippen molar-refractivity contribution in [1.29, 1.82) is 0 Å². The number of hydrogen-bond donors (Lipinski definition) is 0. The number of hydrogen-bond acceptors (Lipinski definition) is 3. The van der Waals surface area contributed by atoms with Crippen molar-refractivity contribution in [3.05, 3.63) is 58.9 Å². The fourth-order valence-electron chi connectivity index (χ4n) is 3.16. The lowest BCUT2D eigenvalue weighted by atomic mass is 10.1. The van der Waals surface area contributed by atoms with Crippen LogP contribution in [-0.2, 0) is 18.5 Å². The van der Waals surface area contributed by atoms with Gasteiger partial charge in [-0.2, -0.15) is 39.5 Å². The summed E-state index contributed by atoms with van der Waals surface area (Å²) in [7, 11) is 0. The normalized spacial score (nSPS) is 15.8. The lowest BCUT2D eigenvalue weighted by Crippen LogP contribution is -2.49. The van der Waals surface area contributed by atoms with Gasteiger partial charge in [-0.05, 0) is 30.3 Å². The van der Waals surface area contributed by atoms with Crippen molar-refractivity contribution in [3.8, 4) is 0 Å². The minimum Gasteiger partial charge on any atom is -0.368 e. The lowest BCUT2D eigenvalue weighted by molar-refractivity contribution is -0.145. The van der Waals surface area contributed by atoms with E-state index in [9.17, 15) is 44.3 Å². The zero-order valence-electron chi connectivity index (χ0n) is 15.9. The van der Waals surface area contributed by atoms with E-state index in [1.165, 1.54) is 17.0 Å². The van der Waals surface area contributed by atoms with Crippen molar-refractivity contribution in [2.24, 2.45) is 0 Å². The second kappa shape index (κ2) is 8.17. The minimum atomic E-state index is -5.20. The van der Waals surface area contributed by atoms with Crippen molar-refractivity contribution >= 4 is 11.6 Å². The van der Waals surface area contributed by atoms with Gasteiger partial charge in [-0.25, -0.2) is 4.98 Å². The number of carbonyl (C=O) groups is 1. The summed E-state index contributed by atoms with van der Waals surface area (Å²) in [6.07, 6.45) is -14.9. The van der Waals surface area contributed by atoms with Crippen LogP contribution in [-0.4, -0.2) is 42.0 Å². The van der Waals surface area contributed by atoms with Crippen LogP contribution in [0.4, 0.5) is 45.2 Å². The van der Waals surface area contributed by atoms with Gasteiger partial charge < -0.3 is 9.80 Å². The molecular weight excluding hydrogens is 457 g/mol. The molecule has 0 N–H and O–H groups in total. The Morgan fingerprint density at radius 1 is 0.750 bits per heavy atom. The Balaban J connectivity index is 1.79. The molecule has 0 bridgehead atoms. The Kier molecular flexibility index (Phi) is 6.04. The van der Waals surface area contributed by atoms with Gasteiger partial charge in [-0.15, -0.1) is 0 Å². The van der Waals surface area contributed by atoms with Crippen LogP contribution in [0.1, 0.15) is 27.3 Å². The largest absolute Gasteiger partial charge is 0.433 e. The van der Waals surface area contributed by atoms with Crippen LogP contribution in [0.3, 0.4) is 0 Å². The number of benzene rings is 1. The third kappa shape index (κ3) is 5.25. The van der Waals surface area contributed by atoms with Gasteiger partial charge in [-0.1, -0.05) is 6.07 Å². The number of alkyl halides is 9. The van der Waals surface area contributed by atoms with E-state index in [0.717, 1.165) is 17.0 Å². The van der Waals surface area contributed by atoms with Crippen LogP contribution in [0, 0.1) is 0 Å². The summed E-state index contributed by atoms with van der Waals surface area (Å²) < 4.78 is 116. The summed E-state index contributed by atoms with van der Waals surface area (Å²) in [5, 5.41) is 0. The smallest absolute Gasteiger partial charge is 0.368 e. The van der Waals surface area contributed by atoms with Crippen molar-refractivity contribution in [2.45, 2.75) is 18.5 Å². The first-order valence-corrected chi connectivity index (χ1v) is 9.04. The molecule has 1 amide bonds. The van der Waals surface area contributed by atoms with Gasteiger partial charge in [-0.3, -0.25) is 4.79 Å². The number of rotatable bonds is 2. The number of carbonyl (C=O) groups excluding carboxylic acids is 1. The predicted molar refractivity (Wildman–Crippen MR) is 93.8 cm³/mol. The first-order chi connectivity index (χ1) is 14.7. The van der Waals surface area contributed by atoms with Gasteiger partial charge in [0.1, 0.15) is 11.4 Å². The molecule has 0 radical (unpaired) electrons. The molecular formula is C19H14F9N3O. The summed E-state index contributed by atoms with van der Waals surface area (Å²) in [5.74, 6) is -1.13. The fraction of sp³-hybridized carbons (Fsp3) is 0.368. The molecule has 0 atom stereocenters. The second-order valence-corrected chi connectivity index (χ2v) is 6.95. The molecule has 1 fully saturated rings. The highest BCUT2D eigenvalue weighted by Gasteiger charge is 2.39. The molecule has 0 aliphatic carbocycles. The molecule has 4 nitrogen and oxygen atoms in total. The molecule has 2 aromatic rings. The molecule has 0 saturated carbocycles. The topological polar surface area (TPSA) is 36.4 Å². The molecule has 3 rings (SSSR count). The van der Waals surface area contributed by atoms with Crippen molar-refractivity contribution < 1.29 is 44.3 Å². The summed E-state index contributed by atoms with van der Waals surface area (Å²) in [4.78, 5) is 18.1. The van der Waals surface area contributed by atoms with Gasteiger partial charge in [0.25, 0.3) is 5.91 Å². The van der Waals surface area contributed by atoms with Crippen LogP contribution in [0.25, 0.3) is 0 Å². The van der Waals surface area contributed by atoms with Crippen molar-refractivity contribution in [1.82, 2.24) is 9.88 Å². The van der Waals surface area contributed by atoms with Gasteiger partial charge >= 0.3 is 18.5 Å². The first kappa shape index (κ1) is 23.7. The second-order valence-electron chi connectivity index (χ2n) is 6.95. The van der Waals surface area contributed by atoms with Gasteiger partial charge in [0.05, 0.1) is 11.1 Å². The number of pyridine rings is 1. The average molecular weight is 471 g/mol. The number of aromatic nitrogens is 1. The Morgan fingerprint density at radius 2 is 1.34 bits per heavy atom. The predicted octanol–water partition coefficient (Wildman–Crippen LogP) is 5.10. The average Bonchev–Trinajstić information content (AvgIpc) is 2.71. The number of anilines is 1. The number of halogens is 9. The highest BCUT2D eigenvalue weighted by atomic mass is 19.4. The molecule has 0 unspecified atom stereocenters. The van der Waals surface area contributed by atoms with Gasteiger partial charge in [0, 0.05) is 31.9 Å². The van der Waals surface area contributed by atoms with Crippen molar-refractivity contribution in [3.63, 3.8) is 0 Å².